The minimum atomic E-state index is -1.05. The van der Waals surface area contributed by atoms with Crippen molar-refractivity contribution in [1.82, 2.24) is 10.3 Å². The second-order valence-electron chi connectivity index (χ2n) is 5.63. The molecule has 0 aromatic carbocycles. The summed E-state index contributed by atoms with van der Waals surface area (Å²) in [6.07, 6.45) is 8.96. The third kappa shape index (κ3) is 4.41. The monoisotopic (exact) mass is 288 g/mol. The summed E-state index contributed by atoms with van der Waals surface area (Å²) < 4.78 is 0. The van der Waals surface area contributed by atoms with E-state index in [1.807, 2.05) is 0 Å². The van der Waals surface area contributed by atoms with Gasteiger partial charge < -0.3 is 10.4 Å². The Kier molecular flexibility index (Phi) is 5.09. The first-order valence-corrected chi connectivity index (χ1v) is 7.19. The third-order valence-corrected chi connectivity index (χ3v) is 3.86. The maximum atomic E-state index is 12.2. The van der Waals surface area contributed by atoms with Gasteiger partial charge in [-0.2, -0.15) is 0 Å². The van der Waals surface area contributed by atoms with Crippen molar-refractivity contribution >= 4 is 18.0 Å². The molecule has 2 atom stereocenters. The fourth-order valence-corrected chi connectivity index (χ4v) is 2.75. The molecule has 1 aromatic heterocycles. The summed E-state index contributed by atoms with van der Waals surface area (Å²) in [6, 6.07) is 1.61. The van der Waals surface area contributed by atoms with Crippen LogP contribution in [0.4, 0.5) is 0 Å². The highest BCUT2D eigenvalue weighted by molar-refractivity contribution is 5.98. The van der Waals surface area contributed by atoms with Crippen molar-refractivity contribution in [3.05, 3.63) is 35.7 Å². The number of nitrogens with zero attached hydrogens (tertiary/aromatic N) is 1. The van der Waals surface area contributed by atoms with Crippen molar-refractivity contribution in [2.24, 2.45) is 11.8 Å². The fraction of sp³-hybridized carbons (Fsp3) is 0.438. The van der Waals surface area contributed by atoms with Gasteiger partial charge in [0.15, 0.2) is 0 Å². The van der Waals surface area contributed by atoms with E-state index >= 15 is 0 Å². The van der Waals surface area contributed by atoms with Crippen molar-refractivity contribution in [1.29, 1.82) is 0 Å². The quantitative estimate of drug-likeness (QED) is 0.815. The van der Waals surface area contributed by atoms with Gasteiger partial charge in [0, 0.05) is 36.1 Å². The number of pyridine rings is 1. The molecular weight excluding hydrogens is 268 g/mol. The molecule has 21 heavy (non-hydrogen) atoms. The Bertz CT molecular complexity index is 554. The van der Waals surface area contributed by atoms with Gasteiger partial charge in [0.25, 0.3) is 5.91 Å². The van der Waals surface area contributed by atoms with Crippen LogP contribution in [0.1, 0.15) is 42.1 Å². The van der Waals surface area contributed by atoms with E-state index in [2.05, 4.69) is 17.2 Å². The van der Waals surface area contributed by atoms with Crippen molar-refractivity contribution < 1.29 is 14.7 Å². The number of carboxylic acids is 1. The van der Waals surface area contributed by atoms with Gasteiger partial charge in [-0.25, -0.2) is 4.79 Å². The van der Waals surface area contributed by atoms with Crippen molar-refractivity contribution in [2.45, 2.75) is 26.2 Å². The Morgan fingerprint density at radius 2 is 2.29 bits per heavy atom. The lowest BCUT2D eigenvalue weighted by molar-refractivity contribution is -0.131. The highest BCUT2D eigenvalue weighted by Gasteiger charge is 2.22. The zero-order valence-electron chi connectivity index (χ0n) is 12.1. The van der Waals surface area contributed by atoms with E-state index in [-0.39, 0.29) is 5.91 Å². The number of hydrogen-bond acceptors (Lipinski definition) is 3. The highest BCUT2D eigenvalue weighted by Crippen LogP contribution is 2.29. The largest absolute Gasteiger partial charge is 0.478 e. The predicted octanol–water partition coefficient (Wildman–Crippen LogP) is 2.35. The summed E-state index contributed by atoms with van der Waals surface area (Å²) in [5.74, 6) is 0.0535. The molecular formula is C16H20N2O3. The first kappa shape index (κ1) is 15.2. The lowest BCUT2D eigenvalue weighted by Gasteiger charge is -2.12. The van der Waals surface area contributed by atoms with Gasteiger partial charge in [-0.3, -0.25) is 9.78 Å². The van der Waals surface area contributed by atoms with Gasteiger partial charge in [-0.15, -0.1) is 0 Å². The summed E-state index contributed by atoms with van der Waals surface area (Å²) in [5, 5.41) is 11.6. The molecule has 0 bridgehead atoms. The Balaban J connectivity index is 2.00. The average molecular weight is 288 g/mol. The van der Waals surface area contributed by atoms with Gasteiger partial charge in [-0.05, 0) is 36.8 Å². The lowest BCUT2D eigenvalue weighted by atomic mass is 10.1. The molecule has 2 N–H and O–H groups in total. The molecule has 1 amide bonds. The molecule has 1 fully saturated rings. The summed E-state index contributed by atoms with van der Waals surface area (Å²) in [4.78, 5) is 26.7. The maximum absolute atomic E-state index is 12.2. The van der Waals surface area contributed by atoms with Crippen LogP contribution >= 0.6 is 0 Å². The normalized spacial score (nSPS) is 21.6. The predicted molar refractivity (Wildman–Crippen MR) is 79.7 cm³/mol. The zero-order chi connectivity index (χ0) is 15.2. The lowest BCUT2D eigenvalue weighted by Crippen LogP contribution is -2.29. The van der Waals surface area contributed by atoms with E-state index in [1.165, 1.54) is 24.9 Å². The van der Waals surface area contributed by atoms with Crippen LogP contribution in [0.15, 0.2) is 24.5 Å². The number of aromatic nitrogens is 1. The van der Waals surface area contributed by atoms with Gasteiger partial charge in [-0.1, -0.05) is 13.3 Å². The first-order valence-electron chi connectivity index (χ1n) is 7.19. The minimum absolute atomic E-state index is 0.179. The SMILES string of the molecule is CC1CCC(CNC(=O)c2ccncc2/C=C/C(=O)O)C1. The van der Waals surface area contributed by atoms with Crippen LogP contribution in [-0.2, 0) is 4.79 Å². The Labute approximate surface area is 124 Å². The van der Waals surface area contributed by atoms with Crippen LogP contribution < -0.4 is 5.32 Å². The molecule has 1 aliphatic carbocycles. The van der Waals surface area contributed by atoms with Gasteiger partial charge in [0.1, 0.15) is 0 Å². The molecule has 1 aromatic rings. The number of carbonyl (C=O) groups excluding carboxylic acids is 1. The van der Waals surface area contributed by atoms with Crippen LogP contribution in [0.25, 0.3) is 6.08 Å². The first-order chi connectivity index (χ1) is 10.1. The highest BCUT2D eigenvalue weighted by atomic mass is 16.4. The summed E-state index contributed by atoms with van der Waals surface area (Å²) in [5.41, 5.74) is 0.964. The molecule has 0 saturated heterocycles. The van der Waals surface area contributed by atoms with Gasteiger partial charge in [0.05, 0.1) is 0 Å². The van der Waals surface area contributed by atoms with Gasteiger partial charge in [0.2, 0.25) is 0 Å². The molecule has 0 radical (unpaired) electrons. The molecule has 5 heteroatoms. The number of amides is 1. The van der Waals surface area contributed by atoms with Crippen molar-refractivity contribution in [3.8, 4) is 0 Å². The van der Waals surface area contributed by atoms with E-state index in [0.717, 1.165) is 24.8 Å². The number of carbonyl (C=O) groups is 2. The van der Waals surface area contributed by atoms with E-state index < -0.39 is 5.97 Å². The van der Waals surface area contributed by atoms with Crippen LogP contribution in [0, 0.1) is 11.8 Å². The summed E-state index contributed by atoms with van der Waals surface area (Å²) in [6.45, 7) is 2.91. The number of hydrogen-bond donors (Lipinski definition) is 2. The molecule has 0 aliphatic heterocycles. The molecule has 1 heterocycles. The van der Waals surface area contributed by atoms with Crippen LogP contribution in [-0.4, -0.2) is 28.5 Å². The Hall–Kier alpha value is -2.17. The molecule has 0 spiro atoms. The number of aliphatic carboxylic acids is 1. The number of rotatable bonds is 5. The Morgan fingerprint density at radius 1 is 1.48 bits per heavy atom. The second-order valence-corrected chi connectivity index (χ2v) is 5.63. The molecule has 2 rings (SSSR count). The van der Waals surface area contributed by atoms with Gasteiger partial charge >= 0.3 is 5.97 Å². The van der Waals surface area contributed by atoms with E-state index in [4.69, 9.17) is 5.11 Å². The molecule has 1 aliphatic rings. The second kappa shape index (κ2) is 7.02. The van der Waals surface area contributed by atoms with E-state index in [1.54, 1.807) is 6.07 Å². The van der Waals surface area contributed by atoms with E-state index in [9.17, 15) is 9.59 Å². The minimum Gasteiger partial charge on any atom is -0.478 e. The zero-order valence-corrected chi connectivity index (χ0v) is 12.1. The van der Waals surface area contributed by atoms with Crippen LogP contribution in [0.5, 0.6) is 0 Å². The molecule has 2 unspecified atom stereocenters. The topological polar surface area (TPSA) is 79.3 Å². The Morgan fingerprint density at radius 3 is 2.95 bits per heavy atom. The van der Waals surface area contributed by atoms with E-state index in [0.29, 0.717) is 23.6 Å². The molecule has 1 saturated carbocycles. The standard InChI is InChI=1S/C16H20N2O3/c1-11-2-3-12(8-11)9-18-16(21)14-6-7-17-10-13(14)4-5-15(19)20/h4-7,10-12H,2-3,8-9H2,1H3,(H,18,21)(H,19,20)/b5-4+. The third-order valence-electron chi connectivity index (χ3n) is 3.86. The maximum Gasteiger partial charge on any atom is 0.328 e. The molecule has 5 nitrogen and oxygen atoms in total. The average Bonchev–Trinajstić information content (AvgIpc) is 2.88. The fourth-order valence-electron chi connectivity index (χ4n) is 2.75. The molecule has 112 valence electrons. The summed E-state index contributed by atoms with van der Waals surface area (Å²) in [7, 11) is 0. The number of carboxylic acid groups (broad SMARTS) is 1. The summed E-state index contributed by atoms with van der Waals surface area (Å²) >= 11 is 0. The van der Waals surface area contributed by atoms with Crippen LogP contribution in [0.2, 0.25) is 0 Å². The van der Waals surface area contributed by atoms with Crippen LogP contribution in [0.3, 0.4) is 0 Å². The smallest absolute Gasteiger partial charge is 0.328 e. The number of nitrogens with one attached hydrogen (secondary N) is 1. The van der Waals surface area contributed by atoms with Crippen molar-refractivity contribution in [3.63, 3.8) is 0 Å². The van der Waals surface area contributed by atoms with Crippen molar-refractivity contribution in [2.75, 3.05) is 6.54 Å².